The van der Waals surface area contributed by atoms with Gasteiger partial charge in [0.25, 0.3) is 0 Å². The van der Waals surface area contributed by atoms with E-state index in [2.05, 4.69) is 16.9 Å². The van der Waals surface area contributed by atoms with E-state index in [0.29, 0.717) is 36.8 Å². The fourth-order valence-electron chi connectivity index (χ4n) is 16.5. The van der Waals surface area contributed by atoms with Gasteiger partial charge >= 0.3 is 41.1 Å². The number of aliphatic hydroxyl groups excluding tert-OH is 3. The normalized spacial score (nSPS) is 36.6. The van der Waals surface area contributed by atoms with Crippen LogP contribution in [0.4, 0.5) is 0 Å². The number of nitrogens with zero attached hydrogens (tertiary/aromatic N) is 2. The topological polar surface area (TPSA) is 297 Å². The molecule has 6 heterocycles. The van der Waals surface area contributed by atoms with Gasteiger partial charge in [-0.2, -0.15) is 0 Å². The Labute approximate surface area is 491 Å². The smallest absolute Gasteiger partial charge is 0.345 e. The SMILES string of the molecule is CC(=O)OC[C@@]1(C)C2C[C@H](OC(C)=O)[C@@]3(C)Oc4cc(-c5cccnc5)oc(=O)c4[C@H](O)C3[C@@]2(C)CC[C@@H]1OC(C)=O.C[C@]12CC[C@H](OC(=O)C3CC3)[C@@](C)(COC(=O)C3CC3)C1C[C@H](O)[C@@]1(C)Oc3cc(-c4cccnc4)oc(=O)c3[C@H](O)C21. The molecule has 456 valence electrons. The molecule has 4 aromatic heterocycles. The molecule has 0 radical (unpaired) electrons. The third-order valence-electron chi connectivity index (χ3n) is 20.9. The highest BCUT2D eigenvalue weighted by Crippen LogP contribution is 2.69. The molecule has 8 aliphatic rings. The predicted octanol–water partition coefficient (Wildman–Crippen LogP) is 7.72. The number of ether oxygens (including phenoxy) is 7. The summed E-state index contributed by atoms with van der Waals surface area (Å²) in [5.74, 6) is -3.51. The zero-order valence-corrected chi connectivity index (χ0v) is 49.5. The van der Waals surface area contributed by atoms with Gasteiger partial charge in [0.15, 0.2) is 0 Å². The Morgan fingerprint density at radius 1 is 0.565 bits per heavy atom. The minimum absolute atomic E-state index is 0.0163. The number of aromatic nitrogens is 2. The predicted molar refractivity (Wildman–Crippen MR) is 299 cm³/mol. The Morgan fingerprint density at radius 2 is 1.01 bits per heavy atom. The number of esters is 5. The summed E-state index contributed by atoms with van der Waals surface area (Å²) in [6.07, 6.45) is 6.42. The molecule has 3 N–H and O–H groups in total. The lowest BCUT2D eigenvalue weighted by Gasteiger charge is -2.66. The highest BCUT2D eigenvalue weighted by molar-refractivity contribution is 5.76. The fraction of sp³-hybridized carbons (Fsp3) is 0.609. The van der Waals surface area contributed by atoms with Gasteiger partial charge in [-0.25, -0.2) is 9.59 Å². The molecular weight excluding hydrogens is 1100 g/mol. The van der Waals surface area contributed by atoms with Gasteiger partial charge in [-0.1, -0.05) is 27.7 Å². The second-order valence-electron chi connectivity index (χ2n) is 26.5. The number of carbonyl (C=O) groups excluding carboxylic acids is 5. The van der Waals surface area contributed by atoms with Crippen LogP contribution in [0.15, 0.2) is 79.6 Å². The molecular formula is C64H76N2O19. The Balaban J connectivity index is 0.000000177. The van der Waals surface area contributed by atoms with Crippen LogP contribution in [0.1, 0.15) is 150 Å². The van der Waals surface area contributed by atoms with Crippen LogP contribution in [-0.2, 0) is 47.7 Å². The van der Waals surface area contributed by atoms with Crippen molar-refractivity contribution in [1.82, 2.24) is 9.97 Å². The minimum Gasteiger partial charge on any atom is -0.484 e. The van der Waals surface area contributed by atoms with Gasteiger partial charge in [-0.3, -0.25) is 33.9 Å². The second-order valence-corrected chi connectivity index (χ2v) is 26.5. The quantitative estimate of drug-likeness (QED) is 0.0956. The van der Waals surface area contributed by atoms with Crippen molar-refractivity contribution < 1.29 is 81.3 Å². The molecule has 85 heavy (non-hydrogen) atoms. The number of pyridine rings is 2. The first-order valence-corrected chi connectivity index (χ1v) is 29.6. The molecule has 4 unspecified atom stereocenters. The molecule has 2 aliphatic heterocycles. The van der Waals surface area contributed by atoms with E-state index in [9.17, 15) is 48.9 Å². The molecule has 6 aliphatic carbocycles. The van der Waals surface area contributed by atoms with E-state index in [1.165, 1.54) is 20.8 Å². The highest BCUT2D eigenvalue weighted by atomic mass is 16.6. The van der Waals surface area contributed by atoms with Crippen LogP contribution < -0.4 is 20.7 Å². The molecule has 0 aromatic carbocycles. The average molecular weight is 1180 g/mol. The van der Waals surface area contributed by atoms with Crippen LogP contribution in [0.5, 0.6) is 11.5 Å². The standard InChI is InChI=1S/C33H39NO9.C31H37NO10/c1-31-11-10-24(42-29(38)18-8-9-18)32(2,16-40-28(37)17-6-7-17)22(31)14-23(35)33(3)27(31)26(36)25-21(43-33)13-20(41-30(25)39)19-5-4-12-34-15-19;1-16(33)38-15-30(5)22-13-24(40-18(3)35)31(6)27(29(22,4)10-9-23(30)39-17(2)34)26(36)25-21(42-31)12-20(41-28(25)37)19-8-7-11-32-14-19/h4-5,12-13,15,17-18,22-24,26-27,35-36H,6-11,14,16H2,1-3H3;7-8,11-12,14,22-24,26-27,36H,9-10,13,15H2,1-6H3/t22?,23-,24-,26-,27?,31-,32-,33+;22?,23-,24-,26-,27?,29-,30-,31+/m00/s1. The van der Waals surface area contributed by atoms with E-state index in [1.54, 1.807) is 75.0 Å². The summed E-state index contributed by atoms with van der Waals surface area (Å²) >= 11 is 0. The Morgan fingerprint density at radius 3 is 1.48 bits per heavy atom. The maximum Gasteiger partial charge on any atom is 0.345 e. The van der Waals surface area contributed by atoms with Crippen LogP contribution in [0.2, 0.25) is 0 Å². The molecule has 4 aromatic rings. The van der Waals surface area contributed by atoms with Crippen LogP contribution >= 0.6 is 0 Å². The second kappa shape index (κ2) is 21.8. The number of hydrogen-bond acceptors (Lipinski definition) is 21. The maximum absolute atomic E-state index is 13.4. The molecule has 21 nitrogen and oxygen atoms in total. The van der Waals surface area contributed by atoms with Crippen molar-refractivity contribution in [2.45, 2.75) is 174 Å². The van der Waals surface area contributed by atoms with Crippen molar-refractivity contribution in [3.05, 3.63) is 93.2 Å². The molecule has 6 fully saturated rings. The van der Waals surface area contributed by atoms with Gasteiger partial charge in [0.2, 0.25) is 0 Å². The van der Waals surface area contributed by atoms with Crippen molar-refractivity contribution >= 4 is 29.8 Å². The summed E-state index contributed by atoms with van der Waals surface area (Å²) in [6, 6.07) is 10.1. The van der Waals surface area contributed by atoms with Crippen molar-refractivity contribution in [3.8, 4) is 34.1 Å². The largest absolute Gasteiger partial charge is 0.484 e. The fourth-order valence-corrected chi connectivity index (χ4v) is 16.5. The van der Waals surface area contributed by atoms with Gasteiger partial charge in [0.1, 0.15) is 76.9 Å². The first kappa shape index (κ1) is 59.7. The third kappa shape index (κ3) is 10.3. The number of fused-ring (bicyclic) bond motifs is 8. The molecule has 12 rings (SSSR count). The summed E-state index contributed by atoms with van der Waals surface area (Å²) in [5.41, 5.74) is -5.94. The molecule has 0 saturated heterocycles. The molecule has 0 bridgehead atoms. The molecule has 0 amide bonds. The monoisotopic (exact) mass is 1180 g/mol. The van der Waals surface area contributed by atoms with Crippen molar-refractivity contribution in [3.63, 3.8) is 0 Å². The van der Waals surface area contributed by atoms with Crippen molar-refractivity contribution in [2.75, 3.05) is 13.2 Å². The van der Waals surface area contributed by atoms with Gasteiger partial charge < -0.3 is 57.3 Å². The van der Waals surface area contributed by atoms with Crippen molar-refractivity contribution in [1.29, 1.82) is 0 Å². The highest BCUT2D eigenvalue weighted by Gasteiger charge is 2.72. The summed E-state index contributed by atoms with van der Waals surface area (Å²) in [7, 11) is 0. The number of carbonyl (C=O) groups is 5. The van der Waals surface area contributed by atoms with E-state index in [4.69, 9.17) is 42.0 Å². The van der Waals surface area contributed by atoms with E-state index in [1.807, 2.05) is 20.8 Å². The minimum atomic E-state index is -1.34. The van der Waals surface area contributed by atoms with Crippen LogP contribution in [0, 0.1) is 57.2 Å². The maximum atomic E-state index is 13.4. The molecule has 6 saturated carbocycles. The molecule has 16 atom stereocenters. The van der Waals surface area contributed by atoms with E-state index < -0.39 is 110 Å². The summed E-state index contributed by atoms with van der Waals surface area (Å²) in [5, 5.41) is 35.9. The number of rotatable bonds is 11. The number of hydrogen-bond donors (Lipinski definition) is 3. The van der Waals surface area contributed by atoms with E-state index in [-0.39, 0.29) is 95.8 Å². The van der Waals surface area contributed by atoms with Crippen molar-refractivity contribution in [2.24, 2.45) is 57.2 Å². The molecule has 0 spiro atoms. The average Bonchev–Trinajstić information content (AvgIpc) is 1.27. The Bertz CT molecular complexity index is 3400. The van der Waals surface area contributed by atoms with Gasteiger partial charge in [-0.05, 0) is 125 Å². The lowest BCUT2D eigenvalue weighted by Crippen LogP contribution is -2.71. The lowest BCUT2D eigenvalue weighted by molar-refractivity contribution is -0.270. The first-order chi connectivity index (χ1) is 40.2. The zero-order chi connectivity index (χ0) is 60.9. The first-order valence-electron chi connectivity index (χ1n) is 29.6. The Hall–Kier alpha value is -6.97. The van der Waals surface area contributed by atoms with Gasteiger partial charge in [-0.15, -0.1) is 0 Å². The summed E-state index contributed by atoms with van der Waals surface area (Å²) < 4.78 is 53.6. The van der Waals surface area contributed by atoms with Gasteiger partial charge in [0.05, 0.1) is 30.1 Å². The Kier molecular flexibility index (Phi) is 15.3. The zero-order valence-electron chi connectivity index (χ0n) is 49.5. The summed E-state index contributed by atoms with van der Waals surface area (Å²) in [6.45, 7) is 15.4. The lowest BCUT2D eigenvalue weighted by atomic mass is 9.42. The van der Waals surface area contributed by atoms with Crippen LogP contribution in [0.3, 0.4) is 0 Å². The van der Waals surface area contributed by atoms with E-state index >= 15 is 0 Å². The van der Waals surface area contributed by atoms with E-state index in [0.717, 1.165) is 25.7 Å². The van der Waals surface area contributed by atoms with Gasteiger partial charge in [0, 0.05) is 91.5 Å². The number of aliphatic hydroxyl groups is 3. The summed E-state index contributed by atoms with van der Waals surface area (Å²) in [4.78, 5) is 97.0. The van der Waals surface area contributed by atoms with Crippen LogP contribution in [0.25, 0.3) is 22.6 Å². The third-order valence-corrected chi connectivity index (χ3v) is 20.9. The molecule has 21 heteroatoms. The van der Waals surface area contributed by atoms with Crippen LogP contribution in [-0.4, -0.2) is 104 Å².